The van der Waals surface area contributed by atoms with E-state index in [0.29, 0.717) is 23.9 Å². The molecule has 390 valence electrons. The number of carbonyl (C=O) groups excluding carboxylic acids is 2. The van der Waals surface area contributed by atoms with Crippen LogP contribution in [-0.4, -0.2) is 74.3 Å². The summed E-state index contributed by atoms with van der Waals surface area (Å²) in [6.07, 6.45) is 57.8. The lowest BCUT2D eigenvalue weighted by Gasteiger charge is -2.27. The molecule has 0 aliphatic heterocycles. The van der Waals surface area contributed by atoms with E-state index in [1.165, 1.54) is 109 Å². The van der Waals surface area contributed by atoms with E-state index in [2.05, 4.69) is 74.7 Å². The van der Waals surface area contributed by atoms with E-state index in [0.717, 1.165) is 89.9 Å². The molecule has 0 radical (unpaired) electrons. The van der Waals surface area contributed by atoms with Gasteiger partial charge in [-0.3, -0.25) is 18.6 Å². The Kier molecular flexibility index (Phi) is 45.8. The minimum absolute atomic E-state index is 0.0344. The molecule has 3 unspecified atom stereocenters. The zero-order valence-corrected chi connectivity index (χ0v) is 45.3. The molecule has 0 spiro atoms. The quantitative estimate of drug-likeness (QED) is 0.0156. The summed E-state index contributed by atoms with van der Waals surface area (Å²) in [4.78, 5) is 37.5. The maximum Gasteiger partial charge on any atom is 0.472 e. The smallest absolute Gasteiger partial charge is 0.456 e. The molecule has 0 aliphatic carbocycles. The fourth-order valence-corrected chi connectivity index (χ4v) is 8.43. The van der Waals surface area contributed by atoms with Gasteiger partial charge in [0.2, 0.25) is 5.91 Å². The molecular weight excluding hydrogens is 856 g/mol. The third-order valence-electron chi connectivity index (χ3n) is 12.0. The van der Waals surface area contributed by atoms with Crippen molar-refractivity contribution in [3.8, 4) is 0 Å². The Morgan fingerprint density at radius 3 is 1.46 bits per heavy atom. The highest BCUT2D eigenvalue weighted by atomic mass is 31.2. The third-order valence-corrected chi connectivity index (χ3v) is 13.0. The van der Waals surface area contributed by atoms with Crippen LogP contribution in [0.15, 0.2) is 60.8 Å². The third kappa shape index (κ3) is 48.5. The molecule has 0 fully saturated rings. The van der Waals surface area contributed by atoms with Gasteiger partial charge in [0.1, 0.15) is 19.3 Å². The van der Waals surface area contributed by atoms with Crippen LogP contribution in [0.1, 0.15) is 239 Å². The van der Waals surface area contributed by atoms with Crippen molar-refractivity contribution < 1.29 is 37.3 Å². The van der Waals surface area contributed by atoms with Gasteiger partial charge >= 0.3 is 13.8 Å². The van der Waals surface area contributed by atoms with E-state index < -0.39 is 20.0 Å². The number of phosphoric acid groups is 1. The maximum atomic E-state index is 13.5. The first-order valence-corrected chi connectivity index (χ1v) is 29.1. The van der Waals surface area contributed by atoms with E-state index in [9.17, 15) is 19.0 Å². The molecule has 1 amide bonds. The molecule has 0 heterocycles. The standard InChI is InChI=1S/C57H105N2O7P/c1-7-10-13-16-19-22-25-27-28-29-30-32-34-37-40-43-46-49-56(60)58-54(53-65-67(62,63)64-52-51-59(4,5)6)55(48-45-42-39-36-33-24-21-18-15-12-9-3)66-57(61)50-47-44-41-38-35-31-26-23-20-17-14-11-8-2/h11,14,17,20,23,26-28,45,48,54-55H,7-10,12-13,15-16,18-19,21-22,24-25,29-44,46-47,49-53H2,1-6H3,(H-,58,60,62,63)/p+1/b14-11+,20-17+,26-23-,28-27+,48-45-. The molecule has 0 saturated carbocycles. The summed E-state index contributed by atoms with van der Waals surface area (Å²) >= 11 is 0. The van der Waals surface area contributed by atoms with Crippen LogP contribution >= 0.6 is 7.82 Å². The van der Waals surface area contributed by atoms with E-state index in [1.807, 2.05) is 33.3 Å². The first kappa shape index (κ1) is 64.7. The maximum absolute atomic E-state index is 13.5. The van der Waals surface area contributed by atoms with E-state index in [-0.39, 0.29) is 31.5 Å². The summed E-state index contributed by atoms with van der Waals surface area (Å²) in [5, 5.41) is 3.03. The van der Waals surface area contributed by atoms with Gasteiger partial charge in [-0.05, 0) is 76.7 Å². The number of unbranched alkanes of at least 4 members (excludes halogenated alkanes) is 27. The minimum atomic E-state index is -4.45. The Bertz CT molecular complexity index is 1340. The highest BCUT2D eigenvalue weighted by molar-refractivity contribution is 7.47. The van der Waals surface area contributed by atoms with Crippen LogP contribution in [0.2, 0.25) is 0 Å². The number of carbonyl (C=O) groups is 2. The number of likely N-dealkylation sites (N-methyl/N-ethyl adjacent to an activating group) is 1. The topological polar surface area (TPSA) is 111 Å². The molecule has 0 aliphatic rings. The van der Waals surface area contributed by atoms with Crippen LogP contribution in [-0.2, 0) is 27.9 Å². The second kappa shape index (κ2) is 47.4. The van der Waals surface area contributed by atoms with Gasteiger partial charge in [0.05, 0.1) is 33.8 Å². The zero-order valence-electron chi connectivity index (χ0n) is 44.4. The van der Waals surface area contributed by atoms with Crippen LogP contribution in [0.25, 0.3) is 0 Å². The van der Waals surface area contributed by atoms with Gasteiger partial charge in [-0.2, -0.15) is 0 Å². The Labute approximate surface area is 413 Å². The number of allylic oxidation sites excluding steroid dienone is 9. The zero-order chi connectivity index (χ0) is 49.4. The number of phosphoric ester groups is 1. The molecule has 0 aromatic carbocycles. The lowest BCUT2D eigenvalue weighted by molar-refractivity contribution is -0.870. The number of hydrogen-bond acceptors (Lipinski definition) is 6. The normalized spacial score (nSPS) is 14.3. The number of amides is 1. The predicted molar refractivity (Wildman–Crippen MR) is 286 cm³/mol. The van der Waals surface area contributed by atoms with Crippen molar-refractivity contribution >= 4 is 19.7 Å². The van der Waals surface area contributed by atoms with Crippen LogP contribution in [0.4, 0.5) is 0 Å². The van der Waals surface area contributed by atoms with Crippen molar-refractivity contribution in [3.05, 3.63) is 60.8 Å². The molecule has 0 aromatic heterocycles. The van der Waals surface area contributed by atoms with Crippen molar-refractivity contribution in [2.24, 2.45) is 0 Å². The molecule has 0 rings (SSSR count). The molecule has 9 nitrogen and oxygen atoms in total. The number of quaternary nitrogens is 1. The van der Waals surface area contributed by atoms with Crippen LogP contribution in [0.5, 0.6) is 0 Å². The second-order valence-electron chi connectivity index (χ2n) is 19.8. The van der Waals surface area contributed by atoms with Crippen molar-refractivity contribution in [1.82, 2.24) is 5.32 Å². The molecule has 0 saturated heterocycles. The van der Waals surface area contributed by atoms with Crippen LogP contribution in [0, 0.1) is 0 Å². The molecule has 0 bridgehead atoms. The molecule has 3 atom stereocenters. The molecular formula is C57H106N2O7P+. The lowest BCUT2D eigenvalue weighted by Crippen LogP contribution is -2.47. The molecule has 67 heavy (non-hydrogen) atoms. The summed E-state index contributed by atoms with van der Waals surface area (Å²) in [5.74, 6) is -0.535. The highest BCUT2D eigenvalue weighted by Gasteiger charge is 2.30. The number of hydrogen-bond donors (Lipinski definition) is 2. The Morgan fingerprint density at radius 2 is 0.970 bits per heavy atom. The minimum Gasteiger partial charge on any atom is -0.456 e. The van der Waals surface area contributed by atoms with E-state index >= 15 is 0 Å². The Morgan fingerprint density at radius 1 is 0.537 bits per heavy atom. The summed E-state index contributed by atoms with van der Waals surface area (Å²) in [6.45, 7) is 6.84. The number of esters is 1. The van der Waals surface area contributed by atoms with Gasteiger partial charge in [-0.1, -0.05) is 210 Å². The Hall–Kier alpha value is -2.29. The van der Waals surface area contributed by atoms with Crippen molar-refractivity contribution in [2.45, 2.75) is 251 Å². The number of nitrogens with one attached hydrogen (secondary N) is 1. The molecule has 2 N–H and O–H groups in total. The van der Waals surface area contributed by atoms with Gasteiger partial charge < -0.3 is 19.4 Å². The number of ether oxygens (including phenoxy) is 1. The fourth-order valence-electron chi connectivity index (χ4n) is 7.70. The summed E-state index contributed by atoms with van der Waals surface area (Å²) < 4.78 is 30.5. The first-order chi connectivity index (χ1) is 32.4. The SMILES string of the molecule is CC/C=C/C=C/C=C\CCCCCCCC(=O)OC(/C=C\CCCCCCCCCCC)C(COP(=O)(O)OCC[N+](C)(C)C)NC(=O)CCCCCCCCC/C=C/CCCCCCCC. The highest BCUT2D eigenvalue weighted by Crippen LogP contribution is 2.43. The number of nitrogens with zero attached hydrogens (tertiary/aromatic N) is 1. The van der Waals surface area contributed by atoms with Gasteiger partial charge in [0.25, 0.3) is 0 Å². The van der Waals surface area contributed by atoms with Gasteiger partial charge in [0, 0.05) is 12.8 Å². The average Bonchev–Trinajstić information content (AvgIpc) is 3.28. The Balaban J connectivity index is 5.36. The molecule has 10 heteroatoms. The van der Waals surface area contributed by atoms with Crippen molar-refractivity contribution in [2.75, 3.05) is 40.9 Å². The van der Waals surface area contributed by atoms with Gasteiger partial charge in [-0.25, -0.2) is 4.57 Å². The van der Waals surface area contributed by atoms with Gasteiger partial charge in [-0.15, -0.1) is 0 Å². The second-order valence-corrected chi connectivity index (χ2v) is 21.2. The van der Waals surface area contributed by atoms with Gasteiger partial charge in [0.15, 0.2) is 0 Å². The summed E-state index contributed by atoms with van der Waals surface area (Å²) in [5.41, 5.74) is 0. The predicted octanol–water partition coefficient (Wildman–Crippen LogP) is 16.3. The van der Waals surface area contributed by atoms with Crippen molar-refractivity contribution in [3.63, 3.8) is 0 Å². The monoisotopic (exact) mass is 962 g/mol. The lowest BCUT2D eigenvalue weighted by atomic mass is 10.1. The largest absolute Gasteiger partial charge is 0.472 e. The van der Waals surface area contributed by atoms with Crippen LogP contribution < -0.4 is 5.32 Å². The first-order valence-electron chi connectivity index (χ1n) is 27.6. The van der Waals surface area contributed by atoms with E-state index in [4.69, 9.17) is 13.8 Å². The summed E-state index contributed by atoms with van der Waals surface area (Å²) in [6, 6.07) is -0.858. The van der Waals surface area contributed by atoms with E-state index in [1.54, 1.807) is 0 Å². The number of rotatable bonds is 49. The molecule has 0 aromatic rings. The summed E-state index contributed by atoms with van der Waals surface area (Å²) in [7, 11) is 1.48. The van der Waals surface area contributed by atoms with Crippen molar-refractivity contribution in [1.29, 1.82) is 0 Å². The average molecular weight is 962 g/mol. The fraction of sp³-hybridized carbons (Fsp3) is 0.789. The van der Waals surface area contributed by atoms with Crippen LogP contribution in [0.3, 0.4) is 0 Å².